The van der Waals surface area contributed by atoms with Crippen molar-refractivity contribution >= 4 is 10.0 Å². The molecule has 0 aliphatic rings. The third kappa shape index (κ3) is 3.54. The summed E-state index contributed by atoms with van der Waals surface area (Å²) in [5.74, 6) is -9.20. The summed E-state index contributed by atoms with van der Waals surface area (Å²) in [7, 11) is -4.07. The van der Waals surface area contributed by atoms with Gasteiger partial charge in [-0.05, 0) is 19.4 Å². The Labute approximate surface area is 149 Å². The Hall–Kier alpha value is -2.13. The molecule has 0 amide bonds. The maximum Gasteiger partial charge on any atom is 0.249 e. The maximum absolute atomic E-state index is 14.3. The molecule has 0 spiro atoms. The minimum atomic E-state index is -4.88. The fourth-order valence-corrected chi connectivity index (χ4v) is 4.16. The fourth-order valence-electron chi connectivity index (χ4n) is 2.42. The number of hydrogen-bond donors (Lipinski definition) is 0. The highest BCUT2D eigenvalue weighted by Crippen LogP contribution is 2.34. The topological polar surface area (TPSA) is 46.6 Å². The average Bonchev–Trinajstić information content (AvgIpc) is 2.59. The van der Waals surface area contributed by atoms with Crippen molar-refractivity contribution in [3.63, 3.8) is 0 Å². The molecular weight excluding hydrogens is 374 g/mol. The summed E-state index contributed by atoms with van der Waals surface area (Å²) in [6.45, 7) is 2.73. The summed E-state index contributed by atoms with van der Waals surface area (Å²) in [6, 6.07) is 7.54. The van der Waals surface area contributed by atoms with Crippen LogP contribution in [-0.4, -0.2) is 25.9 Å². The van der Waals surface area contributed by atoms with Crippen LogP contribution in [0.4, 0.5) is 17.6 Å². The van der Waals surface area contributed by atoms with Crippen LogP contribution in [0.3, 0.4) is 0 Å². The van der Waals surface area contributed by atoms with Crippen molar-refractivity contribution in [3.05, 3.63) is 59.2 Å². The first-order valence-electron chi connectivity index (χ1n) is 7.58. The molecule has 2 aromatic rings. The Morgan fingerprint density at radius 1 is 0.962 bits per heavy atom. The molecule has 0 aromatic heterocycles. The molecule has 0 bridgehead atoms. The van der Waals surface area contributed by atoms with Gasteiger partial charge < -0.3 is 4.74 Å². The van der Waals surface area contributed by atoms with Crippen LogP contribution in [0.2, 0.25) is 0 Å². The maximum atomic E-state index is 14.3. The molecule has 0 saturated carbocycles. The van der Waals surface area contributed by atoms with E-state index in [4.69, 9.17) is 0 Å². The number of halogens is 4. The second kappa shape index (κ2) is 7.63. The van der Waals surface area contributed by atoms with Crippen molar-refractivity contribution in [3.8, 4) is 5.75 Å². The molecule has 0 fully saturated rings. The second-order valence-electron chi connectivity index (χ2n) is 5.75. The van der Waals surface area contributed by atoms with Crippen LogP contribution in [0.25, 0.3) is 0 Å². The minimum absolute atomic E-state index is 0.227. The Morgan fingerprint density at radius 2 is 1.46 bits per heavy atom. The van der Waals surface area contributed by atoms with E-state index in [-0.39, 0.29) is 6.54 Å². The molecule has 0 unspecified atom stereocenters. The Morgan fingerprint density at radius 3 is 1.88 bits per heavy atom. The molecule has 0 saturated heterocycles. The average molecular weight is 391 g/mol. The van der Waals surface area contributed by atoms with Crippen LogP contribution in [0, 0.1) is 23.3 Å². The van der Waals surface area contributed by atoms with Crippen molar-refractivity contribution in [2.24, 2.45) is 0 Å². The number of methoxy groups -OCH3 is 1. The number of benzene rings is 2. The monoisotopic (exact) mass is 391 g/mol. The highest BCUT2D eigenvalue weighted by molar-refractivity contribution is 7.89. The summed E-state index contributed by atoms with van der Waals surface area (Å²) < 4.78 is 87.1. The predicted octanol–water partition coefficient (Wildman–Crippen LogP) is 3.85. The van der Waals surface area contributed by atoms with E-state index in [0.29, 0.717) is 5.56 Å². The molecule has 4 nitrogen and oxygen atoms in total. The van der Waals surface area contributed by atoms with Gasteiger partial charge in [0.1, 0.15) is 0 Å². The quantitative estimate of drug-likeness (QED) is 0.555. The summed E-state index contributed by atoms with van der Waals surface area (Å²) in [4.78, 5) is -1.68. The highest BCUT2D eigenvalue weighted by atomic mass is 32.2. The minimum Gasteiger partial charge on any atom is -0.491 e. The SMILES string of the molecule is COc1c(F)c(F)c(S(=O)(=O)N(Cc2ccccc2)C(C)C)c(F)c1F. The van der Waals surface area contributed by atoms with Gasteiger partial charge >= 0.3 is 0 Å². The fraction of sp³-hybridized carbons (Fsp3) is 0.294. The summed E-state index contributed by atoms with van der Waals surface area (Å²) >= 11 is 0. The molecule has 0 aliphatic heterocycles. The number of ether oxygens (including phenoxy) is 1. The molecule has 0 heterocycles. The van der Waals surface area contributed by atoms with Gasteiger partial charge in [-0.3, -0.25) is 0 Å². The highest BCUT2D eigenvalue weighted by Gasteiger charge is 2.38. The summed E-state index contributed by atoms with van der Waals surface area (Å²) in [5, 5.41) is 0. The van der Waals surface area contributed by atoms with Gasteiger partial charge in [0.2, 0.25) is 21.7 Å². The molecular formula is C17H17F4NO3S. The molecule has 2 rings (SSSR count). The predicted molar refractivity (Wildman–Crippen MR) is 87.1 cm³/mol. The summed E-state index contributed by atoms with van der Waals surface area (Å²) in [5.41, 5.74) is 0.542. The van der Waals surface area contributed by atoms with E-state index in [2.05, 4.69) is 4.74 Å². The van der Waals surface area contributed by atoms with Gasteiger partial charge in [0, 0.05) is 12.6 Å². The van der Waals surface area contributed by atoms with Gasteiger partial charge in [0.05, 0.1) is 7.11 Å². The van der Waals surface area contributed by atoms with E-state index in [1.165, 1.54) is 13.8 Å². The zero-order valence-corrected chi connectivity index (χ0v) is 15.1. The van der Waals surface area contributed by atoms with E-state index in [9.17, 15) is 26.0 Å². The molecule has 142 valence electrons. The van der Waals surface area contributed by atoms with Crippen molar-refractivity contribution in [2.45, 2.75) is 31.3 Å². The van der Waals surface area contributed by atoms with E-state index in [0.717, 1.165) is 11.4 Å². The lowest BCUT2D eigenvalue weighted by atomic mass is 10.2. The number of sulfonamides is 1. The molecule has 0 radical (unpaired) electrons. The van der Waals surface area contributed by atoms with E-state index >= 15 is 0 Å². The van der Waals surface area contributed by atoms with Crippen molar-refractivity contribution in [2.75, 3.05) is 7.11 Å². The van der Waals surface area contributed by atoms with Crippen molar-refractivity contribution in [1.82, 2.24) is 4.31 Å². The summed E-state index contributed by atoms with van der Waals surface area (Å²) in [6.07, 6.45) is 0. The van der Waals surface area contributed by atoms with Gasteiger partial charge in [0.15, 0.2) is 22.3 Å². The second-order valence-corrected chi connectivity index (χ2v) is 7.58. The van der Waals surface area contributed by atoms with Crippen molar-refractivity contribution in [1.29, 1.82) is 0 Å². The first-order chi connectivity index (χ1) is 12.1. The third-order valence-corrected chi connectivity index (χ3v) is 5.75. The van der Waals surface area contributed by atoms with Gasteiger partial charge in [-0.25, -0.2) is 17.2 Å². The lowest BCUT2D eigenvalue weighted by Crippen LogP contribution is -2.37. The zero-order valence-electron chi connectivity index (χ0n) is 14.3. The Balaban J connectivity index is 2.64. The molecule has 2 aromatic carbocycles. The molecule has 0 N–H and O–H groups in total. The molecule has 0 aliphatic carbocycles. The zero-order chi connectivity index (χ0) is 19.6. The number of nitrogens with zero attached hydrogens (tertiary/aromatic N) is 1. The smallest absolute Gasteiger partial charge is 0.249 e. The van der Waals surface area contributed by atoms with Crippen LogP contribution >= 0.6 is 0 Å². The first-order valence-corrected chi connectivity index (χ1v) is 9.02. The number of hydrogen-bond acceptors (Lipinski definition) is 3. The van der Waals surface area contributed by atoms with Gasteiger partial charge in [-0.2, -0.15) is 13.1 Å². The Bertz CT molecular complexity index is 873. The van der Waals surface area contributed by atoms with Crippen LogP contribution in [0.1, 0.15) is 19.4 Å². The largest absolute Gasteiger partial charge is 0.491 e. The lowest BCUT2D eigenvalue weighted by Gasteiger charge is -2.26. The molecule has 9 heteroatoms. The lowest BCUT2D eigenvalue weighted by molar-refractivity contribution is 0.313. The van der Waals surface area contributed by atoms with Gasteiger partial charge in [-0.15, -0.1) is 0 Å². The Kier molecular flexibility index (Phi) is 5.92. The van der Waals surface area contributed by atoms with Gasteiger partial charge in [-0.1, -0.05) is 30.3 Å². The van der Waals surface area contributed by atoms with E-state index < -0.39 is 50.0 Å². The van der Waals surface area contributed by atoms with Crippen LogP contribution in [0.15, 0.2) is 35.2 Å². The standard InChI is InChI=1S/C17H17F4NO3S/c1-10(2)22(9-11-7-5-4-6-8-11)26(23,24)17-14(20)12(18)16(25-3)13(19)15(17)21/h4-8,10H,9H2,1-3H3. The molecule has 0 atom stereocenters. The van der Waals surface area contributed by atoms with E-state index in [1.54, 1.807) is 30.3 Å². The van der Waals surface area contributed by atoms with Crippen LogP contribution in [-0.2, 0) is 16.6 Å². The first kappa shape index (κ1) is 20.2. The normalized spacial score (nSPS) is 12.0. The van der Waals surface area contributed by atoms with Crippen LogP contribution < -0.4 is 4.74 Å². The third-order valence-electron chi connectivity index (χ3n) is 3.71. The van der Waals surface area contributed by atoms with Crippen LogP contribution in [0.5, 0.6) is 5.75 Å². The van der Waals surface area contributed by atoms with Crippen molar-refractivity contribution < 1.29 is 30.7 Å². The van der Waals surface area contributed by atoms with Gasteiger partial charge in [0.25, 0.3) is 0 Å². The van der Waals surface area contributed by atoms with E-state index in [1.807, 2.05) is 0 Å². The number of rotatable bonds is 6. The molecule has 26 heavy (non-hydrogen) atoms.